The lowest BCUT2D eigenvalue weighted by atomic mass is 10.1. The van der Waals surface area contributed by atoms with Gasteiger partial charge in [0.15, 0.2) is 0 Å². The predicted octanol–water partition coefficient (Wildman–Crippen LogP) is 2.43. The highest BCUT2D eigenvalue weighted by Crippen LogP contribution is 2.17. The Hall–Kier alpha value is -1.59. The smallest absolute Gasteiger partial charge is 0.226 e. The third-order valence-corrected chi connectivity index (χ3v) is 4.56. The summed E-state index contributed by atoms with van der Waals surface area (Å²) in [5.74, 6) is 0.997. The topological polar surface area (TPSA) is 64.8 Å². The maximum atomic E-state index is 12.3. The normalized spacial score (nSPS) is 15.5. The molecule has 1 amide bonds. The summed E-state index contributed by atoms with van der Waals surface area (Å²) in [6, 6.07) is 6.02. The monoisotopic (exact) mass is 334 g/mol. The van der Waals surface area contributed by atoms with Gasteiger partial charge in [-0.25, -0.2) is 0 Å². The maximum absolute atomic E-state index is 12.3. The average molecular weight is 334 g/mol. The molecule has 1 heterocycles. The van der Waals surface area contributed by atoms with E-state index in [1.54, 1.807) is 0 Å². The zero-order valence-corrected chi connectivity index (χ0v) is 14.9. The average Bonchev–Trinajstić information content (AvgIpc) is 2.59. The van der Waals surface area contributed by atoms with Crippen LogP contribution in [0.3, 0.4) is 0 Å². The number of nitrogens with two attached hydrogens (primary N) is 1. The minimum Gasteiger partial charge on any atom is -0.493 e. The lowest BCUT2D eigenvalue weighted by molar-refractivity contribution is -0.134. The number of hydrogen-bond acceptors (Lipinski definition) is 4. The summed E-state index contributed by atoms with van der Waals surface area (Å²) in [6.45, 7) is 7.50. The lowest BCUT2D eigenvalue weighted by Crippen LogP contribution is -2.41. The van der Waals surface area contributed by atoms with E-state index < -0.39 is 0 Å². The lowest BCUT2D eigenvalue weighted by Gasteiger charge is -2.32. The number of carbonyl (C=O) groups is 1. The third kappa shape index (κ3) is 5.80. The molecule has 24 heavy (non-hydrogen) atoms. The van der Waals surface area contributed by atoms with Crippen molar-refractivity contribution in [3.05, 3.63) is 29.3 Å². The van der Waals surface area contributed by atoms with Crippen LogP contribution >= 0.6 is 0 Å². The van der Waals surface area contributed by atoms with E-state index in [1.807, 2.05) is 23.1 Å². The van der Waals surface area contributed by atoms with Crippen molar-refractivity contribution in [2.45, 2.75) is 45.6 Å². The molecule has 134 valence electrons. The van der Waals surface area contributed by atoms with Gasteiger partial charge in [-0.2, -0.15) is 0 Å². The van der Waals surface area contributed by atoms with Crippen LogP contribution in [0.2, 0.25) is 0 Å². The molecule has 0 bridgehead atoms. The van der Waals surface area contributed by atoms with Crippen molar-refractivity contribution in [1.29, 1.82) is 0 Å². The molecule has 5 nitrogen and oxygen atoms in total. The van der Waals surface area contributed by atoms with Gasteiger partial charge in [0.1, 0.15) is 5.75 Å². The van der Waals surface area contributed by atoms with Crippen LogP contribution in [0, 0.1) is 13.8 Å². The standard InChI is InChI=1S/C19H30N2O3/c1-15-4-5-18(14-16(15)2)24-13-8-19(22)21-10-6-17(7-11-21)23-12-3-9-20/h4-5,14,17H,3,6-13,20H2,1-2H3. The Morgan fingerprint density at radius 2 is 1.96 bits per heavy atom. The number of amides is 1. The molecule has 1 aromatic carbocycles. The molecule has 5 heteroatoms. The molecule has 0 unspecified atom stereocenters. The molecule has 1 fully saturated rings. The van der Waals surface area contributed by atoms with Gasteiger partial charge in [0, 0.05) is 19.7 Å². The number of rotatable bonds is 8. The zero-order valence-electron chi connectivity index (χ0n) is 14.9. The molecule has 1 aliphatic rings. The van der Waals surface area contributed by atoms with Gasteiger partial charge in [0.05, 0.1) is 19.1 Å². The molecule has 0 aliphatic carbocycles. The molecule has 1 saturated heterocycles. The predicted molar refractivity (Wildman–Crippen MR) is 95.3 cm³/mol. The fourth-order valence-electron chi connectivity index (χ4n) is 2.82. The highest BCUT2D eigenvalue weighted by molar-refractivity contribution is 5.76. The van der Waals surface area contributed by atoms with Crippen molar-refractivity contribution in [2.75, 3.05) is 32.8 Å². The molecule has 0 spiro atoms. The number of carbonyl (C=O) groups excluding carboxylic acids is 1. The second kappa shape index (κ2) is 9.64. The first kappa shape index (κ1) is 18.7. The largest absolute Gasteiger partial charge is 0.493 e. The Labute approximate surface area is 145 Å². The van der Waals surface area contributed by atoms with E-state index in [4.69, 9.17) is 15.2 Å². The Balaban J connectivity index is 1.65. The van der Waals surface area contributed by atoms with Gasteiger partial charge < -0.3 is 20.1 Å². The Bertz CT molecular complexity index is 525. The second-order valence-electron chi connectivity index (χ2n) is 6.44. The molecule has 1 aliphatic heterocycles. The first-order valence-corrected chi connectivity index (χ1v) is 8.89. The first-order valence-electron chi connectivity index (χ1n) is 8.89. The van der Waals surface area contributed by atoms with Crippen molar-refractivity contribution >= 4 is 5.91 Å². The molecule has 2 rings (SSSR count). The summed E-state index contributed by atoms with van der Waals surface area (Å²) >= 11 is 0. The number of likely N-dealkylation sites (tertiary alicyclic amines) is 1. The first-order chi connectivity index (χ1) is 11.6. The van der Waals surface area contributed by atoms with Crippen LogP contribution in [0.1, 0.15) is 36.8 Å². The van der Waals surface area contributed by atoms with Crippen LogP contribution in [0.15, 0.2) is 18.2 Å². The zero-order chi connectivity index (χ0) is 17.4. The highest BCUT2D eigenvalue weighted by atomic mass is 16.5. The van der Waals surface area contributed by atoms with Crippen LogP contribution in [-0.2, 0) is 9.53 Å². The van der Waals surface area contributed by atoms with E-state index in [2.05, 4.69) is 13.8 Å². The minimum atomic E-state index is 0.166. The van der Waals surface area contributed by atoms with E-state index >= 15 is 0 Å². The van der Waals surface area contributed by atoms with Crippen molar-refractivity contribution < 1.29 is 14.3 Å². The SMILES string of the molecule is Cc1ccc(OCCC(=O)N2CCC(OCCCN)CC2)cc1C. The number of piperidine rings is 1. The van der Waals surface area contributed by atoms with Gasteiger partial charge in [-0.1, -0.05) is 6.07 Å². The number of ether oxygens (including phenoxy) is 2. The number of nitrogens with zero attached hydrogens (tertiary/aromatic N) is 1. The van der Waals surface area contributed by atoms with E-state index in [0.29, 0.717) is 19.6 Å². The Kier molecular flexibility index (Phi) is 7.53. The molecule has 0 radical (unpaired) electrons. The fraction of sp³-hybridized carbons (Fsp3) is 0.632. The summed E-state index contributed by atoms with van der Waals surface area (Å²) in [4.78, 5) is 14.2. The van der Waals surface area contributed by atoms with Gasteiger partial charge >= 0.3 is 0 Å². The van der Waals surface area contributed by atoms with Crippen LogP contribution in [0.4, 0.5) is 0 Å². The Morgan fingerprint density at radius 1 is 1.21 bits per heavy atom. The van der Waals surface area contributed by atoms with Gasteiger partial charge in [-0.3, -0.25) is 4.79 Å². The second-order valence-corrected chi connectivity index (χ2v) is 6.44. The van der Waals surface area contributed by atoms with Gasteiger partial charge in [0.25, 0.3) is 0 Å². The molecule has 0 aromatic heterocycles. The van der Waals surface area contributed by atoms with Crippen LogP contribution in [0.5, 0.6) is 5.75 Å². The van der Waals surface area contributed by atoms with E-state index in [1.165, 1.54) is 11.1 Å². The molecular formula is C19H30N2O3. The third-order valence-electron chi connectivity index (χ3n) is 4.56. The molecule has 0 saturated carbocycles. The quantitative estimate of drug-likeness (QED) is 0.742. The van der Waals surface area contributed by atoms with E-state index in [9.17, 15) is 4.79 Å². The number of aryl methyl sites for hydroxylation is 2. The summed E-state index contributed by atoms with van der Waals surface area (Å²) in [5, 5.41) is 0. The van der Waals surface area contributed by atoms with Crippen molar-refractivity contribution in [3.8, 4) is 5.75 Å². The van der Waals surface area contributed by atoms with Crippen molar-refractivity contribution in [1.82, 2.24) is 4.90 Å². The molecule has 1 aromatic rings. The molecule has 2 N–H and O–H groups in total. The Morgan fingerprint density at radius 3 is 2.62 bits per heavy atom. The van der Waals surface area contributed by atoms with Gasteiger partial charge in [-0.15, -0.1) is 0 Å². The van der Waals surface area contributed by atoms with Crippen molar-refractivity contribution in [3.63, 3.8) is 0 Å². The minimum absolute atomic E-state index is 0.166. The summed E-state index contributed by atoms with van der Waals surface area (Å²) in [7, 11) is 0. The molecular weight excluding hydrogens is 304 g/mol. The molecule has 0 atom stereocenters. The summed E-state index contributed by atoms with van der Waals surface area (Å²) in [6.07, 6.45) is 3.41. The number of benzene rings is 1. The van der Waals surface area contributed by atoms with Crippen LogP contribution in [0.25, 0.3) is 0 Å². The summed E-state index contributed by atoms with van der Waals surface area (Å²) in [5.41, 5.74) is 7.91. The van der Waals surface area contributed by atoms with Crippen LogP contribution in [-0.4, -0.2) is 49.8 Å². The van der Waals surface area contributed by atoms with E-state index in [0.717, 1.165) is 44.7 Å². The van der Waals surface area contributed by atoms with Gasteiger partial charge in [-0.05, 0) is 62.9 Å². The van der Waals surface area contributed by atoms with Crippen LogP contribution < -0.4 is 10.5 Å². The van der Waals surface area contributed by atoms with Gasteiger partial charge in [0.2, 0.25) is 5.91 Å². The van der Waals surface area contributed by atoms with Crippen molar-refractivity contribution in [2.24, 2.45) is 5.73 Å². The fourth-order valence-corrected chi connectivity index (χ4v) is 2.82. The van der Waals surface area contributed by atoms with E-state index in [-0.39, 0.29) is 12.0 Å². The number of hydrogen-bond donors (Lipinski definition) is 1. The summed E-state index contributed by atoms with van der Waals surface area (Å²) < 4.78 is 11.5. The maximum Gasteiger partial charge on any atom is 0.226 e. The highest BCUT2D eigenvalue weighted by Gasteiger charge is 2.22.